The van der Waals surface area contributed by atoms with Crippen LogP contribution in [0.4, 0.5) is 0 Å². The summed E-state index contributed by atoms with van der Waals surface area (Å²) in [6, 6.07) is -0.822. The van der Waals surface area contributed by atoms with Gasteiger partial charge in [0.05, 0.1) is 25.4 Å². The Morgan fingerprint density at radius 1 is 0.447 bits per heavy atom. The van der Waals surface area contributed by atoms with E-state index in [0.717, 1.165) is 44.9 Å². The maximum absolute atomic E-state index is 13.1. The summed E-state index contributed by atoms with van der Waals surface area (Å²) in [7, 11) is 0. The van der Waals surface area contributed by atoms with Gasteiger partial charge in [0.1, 0.15) is 24.4 Å². The summed E-state index contributed by atoms with van der Waals surface area (Å²) in [4.78, 5) is 13.1. The molecule has 1 aliphatic rings. The summed E-state index contributed by atoms with van der Waals surface area (Å²) in [5.74, 6) is -0.181. The number of allylic oxidation sites excluding steroid dienone is 7. The van der Waals surface area contributed by atoms with Gasteiger partial charge < -0.3 is 40.3 Å². The molecule has 76 heavy (non-hydrogen) atoms. The molecule has 0 bridgehead atoms. The predicted molar refractivity (Wildman–Crippen MR) is 323 cm³/mol. The predicted octanol–water partition coefficient (Wildman–Crippen LogP) is 17.2. The van der Waals surface area contributed by atoms with Crippen molar-refractivity contribution in [3.63, 3.8) is 0 Å². The molecule has 0 aromatic rings. The molecule has 9 heteroatoms. The molecule has 1 saturated heterocycles. The molecule has 0 spiro atoms. The average Bonchev–Trinajstić information content (AvgIpc) is 3.42. The fourth-order valence-electron chi connectivity index (χ4n) is 10.4. The van der Waals surface area contributed by atoms with Crippen molar-refractivity contribution in [3.8, 4) is 0 Å². The highest BCUT2D eigenvalue weighted by molar-refractivity contribution is 5.76. The van der Waals surface area contributed by atoms with Crippen molar-refractivity contribution in [2.45, 2.75) is 358 Å². The molecular formula is C67H125NO8. The topological polar surface area (TPSA) is 149 Å². The van der Waals surface area contributed by atoms with Crippen molar-refractivity contribution in [2.75, 3.05) is 13.2 Å². The van der Waals surface area contributed by atoms with Crippen LogP contribution >= 0.6 is 0 Å². The second-order valence-corrected chi connectivity index (χ2v) is 22.9. The van der Waals surface area contributed by atoms with Crippen LogP contribution in [-0.4, -0.2) is 87.5 Å². The minimum Gasteiger partial charge on any atom is -0.394 e. The highest BCUT2D eigenvalue weighted by atomic mass is 16.7. The number of aliphatic hydroxyl groups is 5. The molecule has 7 atom stereocenters. The minimum atomic E-state index is -1.57. The van der Waals surface area contributed by atoms with E-state index in [9.17, 15) is 30.3 Å². The molecule has 6 N–H and O–H groups in total. The van der Waals surface area contributed by atoms with E-state index in [0.29, 0.717) is 6.42 Å². The van der Waals surface area contributed by atoms with Gasteiger partial charge in [0.25, 0.3) is 0 Å². The first-order chi connectivity index (χ1) is 37.3. The molecule has 0 aromatic carbocycles. The normalized spacial score (nSPS) is 19.1. The van der Waals surface area contributed by atoms with Gasteiger partial charge in [-0.25, -0.2) is 0 Å². The van der Waals surface area contributed by atoms with Crippen LogP contribution in [0.2, 0.25) is 0 Å². The maximum Gasteiger partial charge on any atom is 0.220 e. The lowest BCUT2D eigenvalue weighted by Crippen LogP contribution is -2.60. The van der Waals surface area contributed by atoms with Crippen LogP contribution in [-0.2, 0) is 14.3 Å². The fourth-order valence-corrected chi connectivity index (χ4v) is 10.4. The van der Waals surface area contributed by atoms with Crippen molar-refractivity contribution in [1.82, 2.24) is 5.32 Å². The zero-order chi connectivity index (χ0) is 55.0. The first-order valence-corrected chi connectivity index (χ1v) is 32.9. The van der Waals surface area contributed by atoms with Crippen molar-refractivity contribution < 1.29 is 39.8 Å². The van der Waals surface area contributed by atoms with Gasteiger partial charge in [0, 0.05) is 6.42 Å². The number of aliphatic hydroxyl groups excluding tert-OH is 5. The Bertz CT molecular complexity index is 1340. The SMILES string of the molecule is CCCCCCC/C=C\C/C=C\CCCCCCCCCCCCCCCCCCCCCCCC(=O)NC(COC1OC(CO)C(O)C(O)C1O)C(O)/C=C/CC/C=C/CCCCCCCCCCCCCCCC. The third-order valence-electron chi connectivity index (χ3n) is 15.6. The monoisotopic (exact) mass is 1070 g/mol. The molecule has 1 heterocycles. The van der Waals surface area contributed by atoms with Crippen LogP contribution < -0.4 is 5.32 Å². The molecule has 0 aliphatic carbocycles. The quantitative estimate of drug-likeness (QED) is 0.0261. The first-order valence-electron chi connectivity index (χ1n) is 32.9. The van der Waals surface area contributed by atoms with Gasteiger partial charge in [0.15, 0.2) is 6.29 Å². The molecule has 9 nitrogen and oxygen atoms in total. The summed E-state index contributed by atoms with van der Waals surface area (Å²) in [5, 5.41) is 54.6. The number of carbonyl (C=O) groups excluding carboxylic acids is 1. The standard InChI is InChI=1S/C67H125NO8/c1-3-5-7-9-11-13-15-17-19-21-23-25-26-27-28-29-30-31-32-33-34-35-36-37-39-41-43-45-47-49-51-53-55-57-63(71)68-60(59-75-67-66(74)65(73)64(72)62(58-69)76-67)61(70)56-54-52-50-48-46-44-42-40-38-24-22-20-18-16-14-12-10-8-6-4-2/h15,17,21,23,46,48,54,56,60-62,64-67,69-70,72-74H,3-14,16,18-20,22,24-45,47,49-53,55,57-59H2,1-2H3,(H,68,71)/b17-15-,23-21-,48-46+,56-54+. The summed E-state index contributed by atoms with van der Waals surface area (Å²) < 4.78 is 11.3. The van der Waals surface area contributed by atoms with E-state index in [1.165, 1.54) is 250 Å². The Morgan fingerprint density at radius 3 is 1.18 bits per heavy atom. The molecule has 0 saturated carbocycles. The summed E-state index contributed by atoms with van der Waals surface area (Å²) in [5.41, 5.74) is 0. The van der Waals surface area contributed by atoms with Crippen molar-refractivity contribution in [1.29, 1.82) is 0 Å². The van der Waals surface area contributed by atoms with Crippen LogP contribution in [0.1, 0.15) is 316 Å². The van der Waals surface area contributed by atoms with Gasteiger partial charge in [-0.3, -0.25) is 4.79 Å². The number of rotatable bonds is 57. The van der Waals surface area contributed by atoms with Crippen LogP contribution in [0.5, 0.6) is 0 Å². The number of carbonyl (C=O) groups is 1. The Morgan fingerprint density at radius 2 is 0.789 bits per heavy atom. The average molecular weight is 1070 g/mol. The maximum atomic E-state index is 13.1. The van der Waals surface area contributed by atoms with E-state index in [-0.39, 0.29) is 12.5 Å². The van der Waals surface area contributed by atoms with E-state index in [4.69, 9.17) is 9.47 Å². The first kappa shape index (κ1) is 72.2. The number of hydrogen-bond donors (Lipinski definition) is 6. The molecule has 446 valence electrons. The van der Waals surface area contributed by atoms with Crippen LogP contribution in [0.3, 0.4) is 0 Å². The number of nitrogens with one attached hydrogen (secondary N) is 1. The molecule has 7 unspecified atom stereocenters. The lowest BCUT2D eigenvalue weighted by Gasteiger charge is -2.40. The van der Waals surface area contributed by atoms with Crippen LogP contribution in [0.25, 0.3) is 0 Å². The van der Waals surface area contributed by atoms with Gasteiger partial charge >= 0.3 is 0 Å². The highest BCUT2D eigenvalue weighted by Crippen LogP contribution is 2.23. The van der Waals surface area contributed by atoms with E-state index in [2.05, 4.69) is 55.6 Å². The minimum absolute atomic E-state index is 0.181. The van der Waals surface area contributed by atoms with Gasteiger partial charge in [-0.15, -0.1) is 0 Å². The zero-order valence-corrected chi connectivity index (χ0v) is 49.8. The van der Waals surface area contributed by atoms with E-state index >= 15 is 0 Å². The molecule has 0 radical (unpaired) electrons. The van der Waals surface area contributed by atoms with Gasteiger partial charge in [-0.2, -0.15) is 0 Å². The van der Waals surface area contributed by atoms with E-state index in [1.807, 2.05) is 6.08 Å². The smallest absolute Gasteiger partial charge is 0.220 e. The second-order valence-electron chi connectivity index (χ2n) is 22.9. The number of amides is 1. The van der Waals surface area contributed by atoms with Crippen molar-refractivity contribution in [3.05, 3.63) is 48.6 Å². The Labute approximate surface area is 469 Å². The Balaban J connectivity index is 2.13. The van der Waals surface area contributed by atoms with E-state index in [1.54, 1.807) is 6.08 Å². The number of ether oxygens (including phenoxy) is 2. The largest absolute Gasteiger partial charge is 0.394 e. The van der Waals surface area contributed by atoms with Crippen LogP contribution in [0.15, 0.2) is 48.6 Å². The molecule has 0 aromatic heterocycles. The van der Waals surface area contributed by atoms with Crippen molar-refractivity contribution in [2.24, 2.45) is 0 Å². The molecular weight excluding hydrogens is 947 g/mol. The Kier molecular flexibility index (Phi) is 53.6. The number of unbranched alkanes of at least 4 members (excludes halogenated alkanes) is 41. The molecule has 1 fully saturated rings. The van der Waals surface area contributed by atoms with Gasteiger partial charge in [0.2, 0.25) is 5.91 Å². The zero-order valence-electron chi connectivity index (χ0n) is 49.8. The Hall–Kier alpha value is -1.85. The van der Waals surface area contributed by atoms with Gasteiger partial charge in [-0.05, 0) is 64.2 Å². The van der Waals surface area contributed by atoms with E-state index < -0.39 is 49.5 Å². The van der Waals surface area contributed by atoms with Crippen LogP contribution in [0, 0.1) is 0 Å². The summed E-state index contributed by atoms with van der Waals surface area (Å²) in [6.07, 6.45) is 69.2. The molecule has 1 aliphatic heterocycles. The fraction of sp³-hybridized carbons (Fsp3) is 0.866. The summed E-state index contributed by atoms with van der Waals surface area (Å²) in [6.45, 7) is 3.79. The highest BCUT2D eigenvalue weighted by Gasteiger charge is 2.44. The third-order valence-corrected chi connectivity index (χ3v) is 15.6. The second kappa shape index (κ2) is 56.4. The van der Waals surface area contributed by atoms with Gasteiger partial charge in [-0.1, -0.05) is 294 Å². The third kappa shape index (κ3) is 44.9. The lowest BCUT2D eigenvalue weighted by atomic mass is 9.99. The summed E-state index contributed by atoms with van der Waals surface area (Å²) >= 11 is 0. The van der Waals surface area contributed by atoms with Crippen molar-refractivity contribution >= 4 is 5.91 Å². The molecule has 1 amide bonds. The molecule has 1 rings (SSSR count). The number of hydrogen-bond acceptors (Lipinski definition) is 8. The lowest BCUT2D eigenvalue weighted by molar-refractivity contribution is -0.302.